The van der Waals surface area contributed by atoms with E-state index in [4.69, 9.17) is 4.74 Å². The number of cyclic esters (lactones) is 1. The third-order valence-electron chi connectivity index (χ3n) is 3.49. The van der Waals surface area contributed by atoms with Crippen LogP contribution in [0.25, 0.3) is 0 Å². The summed E-state index contributed by atoms with van der Waals surface area (Å²) in [5.74, 6) is -0.176. The van der Waals surface area contributed by atoms with Gasteiger partial charge in [0.2, 0.25) is 0 Å². The summed E-state index contributed by atoms with van der Waals surface area (Å²) in [6, 6.07) is 7.47. The van der Waals surface area contributed by atoms with Crippen molar-refractivity contribution in [1.29, 1.82) is 0 Å². The molecule has 1 saturated heterocycles. The van der Waals surface area contributed by atoms with Crippen molar-refractivity contribution >= 4 is 11.8 Å². The van der Waals surface area contributed by atoms with E-state index >= 15 is 0 Å². The first-order valence-electron chi connectivity index (χ1n) is 6.18. The number of Topliss-reactive ketones (excluding diaryl/α,β-unsaturated/α-hetero) is 1. The Bertz CT molecular complexity index is 471. The molecule has 0 amide bonds. The van der Waals surface area contributed by atoms with Crippen molar-refractivity contribution in [2.75, 3.05) is 0 Å². The van der Waals surface area contributed by atoms with Crippen LogP contribution in [0, 0.1) is 12.3 Å². The minimum atomic E-state index is -0.307. The van der Waals surface area contributed by atoms with Crippen molar-refractivity contribution in [3.63, 3.8) is 0 Å². The van der Waals surface area contributed by atoms with Gasteiger partial charge in [0.25, 0.3) is 0 Å². The van der Waals surface area contributed by atoms with E-state index < -0.39 is 0 Å². The molecule has 1 aromatic rings. The largest absolute Gasteiger partial charge is 0.461 e. The Morgan fingerprint density at radius 1 is 1.33 bits per heavy atom. The molecular formula is C15H18O3. The first kappa shape index (κ1) is 12.8. The van der Waals surface area contributed by atoms with Crippen molar-refractivity contribution in [1.82, 2.24) is 0 Å². The Hall–Kier alpha value is -1.64. The van der Waals surface area contributed by atoms with E-state index in [9.17, 15) is 9.59 Å². The van der Waals surface area contributed by atoms with Gasteiger partial charge < -0.3 is 4.74 Å². The number of hydrogen-bond donors (Lipinski definition) is 0. The predicted molar refractivity (Wildman–Crippen MR) is 68.4 cm³/mol. The van der Waals surface area contributed by atoms with Gasteiger partial charge in [0.1, 0.15) is 6.10 Å². The molecular weight excluding hydrogens is 228 g/mol. The Morgan fingerprint density at radius 2 is 1.94 bits per heavy atom. The molecule has 0 bridgehead atoms. The Kier molecular flexibility index (Phi) is 3.24. The summed E-state index contributed by atoms with van der Waals surface area (Å²) in [4.78, 5) is 23.4. The van der Waals surface area contributed by atoms with Crippen LogP contribution in [0.15, 0.2) is 24.3 Å². The lowest BCUT2D eigenvalue weighted by Gasteiger charge is -2.22. The molecule has 96 valence electrons. The highest BCUT2D eigenvalue weighted by atomic mass is 16.6. The fourth-order valence-electron chi connectivity index (χ4n) is 2.19. The van der Waals surface area contributed by atoms with Gasteiger partial charge in [-0.15, -0.1) is 0 Å². The van der Waals surface area contributed by atoms with Crippen LogP contribution in [0.3, 0.4) is 0 Å². The number of carbonyl (C=O) groups excluding carboxylic acids is 2. The SMILES string of the molecule is Cc1ccc(C(=O)CC2OC(=O)CC2(C)C)cc1. The lowest BCUT2D eigenvalue weighted by molar-refractivity contribution is -0.141. The quantitative estimate of drug-likeness (QED) is 0.608. The van der Waals surface area contributed by atoms with E-state index in [1.54, 1.807) is 0 Å². The van der Waals surface area contributed by atoms with Gasteiger partial charge in [0.15, 0.2) is 5.78 Å². The molecule has 1 unspecified atom stereocenters. The first-order chi connectivity index (χ1) is 8.38. The van der Waals surface area contributed by atoms with E-state index in [1.165, 1.54) is 0 Å². The van der Waals surface area contributed by atoms with Crippen LogP contribution < -0.4 is 0 Å². The Balaban J connectivity index is 2.08. The molecule has 0 radical (unpaired) electrons. The highest BCUT2D eigenvalue weighted by Crippen LogP contribution is 2.37. The summed E-state index contributed by atoms with van der Waals surface area (Å²) in [5.41, 5.74) is 1.55. The number of esters is 1. The second kappa shape index (κ2) is 4.56. The van der Waals surface area contributed by atoms with Crippen molar-refractivity contribution in [3.8, 4) is 0 Å². The molecule has 3 nitrogen and oxygen atoms in total. The van der Waals surface area contributed by atoms with Crippen LogP contribution in [-0.4, -0.2) is 17.9 Å². The molecule has 1 aromatic carbocycles. The maximum Gasteiger partial charge on any atom is 0.306 e. The second-order valence-electron chi connectivity index (χ2n) is 5.64. The minimum absolute atomic E-state index is 0.0303. The zero-order valence-electron chi connectivity index (χ0n) is 11.0. The van der Waals surface area contributed by atoms with Gasteiger partial charge in [0.05, 0.1) is 6.42 Å². The van der Waals surface area contributed by atoms with Crippen molar-refractivity contribution in [2.45, 2.75) is 39.7 Å². The number of hydrogen-bond acceptors (Lipinski definition) is 3. The summed E-state index contributed by atoms with van der Waals surface area (Å²) < 4.78 is 5.23. The monoisotopic (exact) mass is 246 g/mol. The van der Waals surface area contributed by atoms with Crippen molar-refractivity contribution in [3.05, 3.63) is 35.4 Å². The van der Waals surface area contributed by atoms with E-state index in [0.29, 0.717) is 12.0 Å². The fourth-order valence-corrected chi connectivity index (χ4v) is 2.19. The lowest BCUT2D eigenvalue weighted by Crippen LogP contribution is -2.27. The van der Waals surface area contributed by atoms with E-state index in [1.807, 2.05) is 45.0 Å². The zero-order chi connectivity index (χ0) is 13.3. The molecule has 18 heavy (non-hydrogen) atoms. The summed E-state index contributed by atoms with van der Waals surface area (Å²) in [6.45, 7) is 5.91. The molecule has 1 atom stereocenters. The summed E-state index contributed by atoms with van der Waals surface area (Å²) in [6.07, 6.45) is 0.347. The Labute approximate surface area is 107 Å². The average molecular weight is 246 g/mol. The van der Waals surface area contributed by atoms with Gasteiger partial charge in [-0.1, -0.05) is 43.7 Å². The van der Waals surface area contributed by atoms with Crippen molar-refractivity contribution < 1.29 is 14.3 Å². The van der Waals surface area contributed by atoms with Crippen LogP contribution in [0.1, 0.15) is 42.6 Å². The smallest absolute Gasteiger partial charge is 0.306 e. The normalized spacial score (nSPS) is 21.7. The lowest BCUT2D eigenvalue weighted by atomic mass is 9.82. The van der Waals surface area contributed by atoms with Crippen LogP contribution in [0.5, 0.6) is 0 Å². The maximum atomic E-state index is 12.1. The van der Waals surface area contributed by atoms with Gasteiger partial charge in [-0.2, -0.15) is 0 Å². The Morgan fingerprint density at radius 3 is 2.44 bits per heavy atom. The molecule has 0 aliphatic carbocycles. The van der Waals surface area contributed by atoms with Crippen LogP contribution >= 0.6 is 0 Å². The predicted octanol–water partition coefficient (Wildman–Crippen LogP) is 2.91. The first-order valence-corrected chi connectivity index (χ1v) is 6.18. The maximum absolute atomic E-state index is 12.1. The highest BCUT2D eigenvalue weighted by Gasteiger charge is 2.42. The second-order valence-corrected chi connectivity index (χ2v) is 5.64. The van der Waals surface area contributed by atoms with Crippen LogP contribution in [0.4, 0.5) is 0 Å². The average Bonchev–Trinajstić information content (AvgIpc) is 2.52. The standard InChI is InChI=1S/C15H18O3/c1-10-4-6-11(7-5-10)12(16)8-13-15(2,3)9-14(17)18-13/h4-7,13H,8-9H2,1-3H3. The van der Waals surface area contributed by atoms with Gasteiger partial charge in [-0.05, 0) is 6.92 Å². The van der Waals surface area contributed by atoms with E-state index in [-0.39, 0.29) is 29.7 Å². The summed E-state index contributed by atoms with van der Waals surface area (Å²) in [7, 11) is 0. The number of carbonyl (C=O) groups is 2. The summed E-state index contributed by atoms with van der Waals surface area (Å²) in [5, 5.41) is 0. The molecule has 0 spiro atoms. The van der Waals surface area contributed by atoms with Gasteiger partial charge in [-0.25, -0.2) is 0 Å². The molecule has 3 heteroatoms. The van der Waals surface area contributed by atoms with Crippen LogP contribution in [-0.2, 0) is 9.53 Å². The molecule has 1 heterocycles. The minimum Gasteiger partial charge on any atom is -0.461 e. The molecule has 0 N–H and O–H groups in total. The zero-order valence-corrected chi connectivity index (χ0v) is 11.0. The topological polar surface area (TPSA) is 43.4 Å². The van der Waals surface area contributed by atoms with Crippen LogP contribution in [0.2, 0.25) is 0 Å². The van der Waals surface area contributed by atoms with Crippen molar-refractivity contribution in [2.24, 2.45) is 5.41 Å². The highest BCUT2D eigenvalue weighted by molar-refractivity contribution is 5.96. The number of ketones is 1. The fraction of sp³-hybridized carbons (Fsp3) is 0.467. The van der Waals surface area contributed by atoms with E-state index in [2.05, 4.69) is 0 Å². The van der Waals surface area contributed by atoms with Gasteiger partial charge in [0, 0.05) is 17.4 Å². The molecule has 1 aliphatic rings. The number of benzene rings is 1. The number of aryl methyl sites for hydroxylation is 1. The van der Waals surface area contributed by atoms with E-state index in [0.717, 1.165) is 5.56 Å². The molecule has 1 aliphatic heterocycles. The summed E-state index contributed by atoms with van der Waals surface area (Å²) >= 11 is 0. The van der Waals surface area contributed by atoms with Gasteiger partial charge in [-0.3, -0.25) is 9.59 Å². The molecule has 2 rings (SSSR count). The molecule has 0 saturated carbocycles. The number of rotatable bonds is 3. The third-order valence-corrected chi connectivity index (χ3v) is 3.49. The number of ether oxygens (including phenoxy) is 1. The van der Waals surface area contributed by atoms with Gasteiger partial charge >= 0.3 is 5.97 Å². The third kappa shape index (κ3) is 2.61. The molecule has 0 aromatic heterocycles. The molecule has 1 fully saturated rings.